The molecular weight excluding hydrogens is 307 g/mol. The molecule has 1 heterocycles. The second kappa shape index (κ2) is 6.12. The maximum atomic E-state index is 12.5. The largest absolute Gasteiger partial charge is 0.416 e. The van der Waals surface area contributed by atoms with Gasteiger partial charge in [-0.2, -0.15) is 13.2 Å². The van der Waals surface area contributed by atoms with E-state index in [2.05, 4.69) is 15.5 Å². The van der Waals surface area contributed by atoms with Gasteiger partial charge in [0.05, 0.1) is 5.56 Å². The molecule has 0 spiro atoms. The van der Waals surface area contributed by atoms with Crippen molar-refractivity contribution in [3.8, 4) is 11.5 Å². The van der Waals surface area contributed by atoms with E-state index < -0.39 is 11.7 Å². The Labute approximate surface area is 130 Å². The van der Waals surface area contributed by atoms with Crippen LogP contribution < -0.4 is 5.32 Å². The molecule has 0 aliphatic rings. The number of hydrogen-bond acceptors (Lipinski definition) is 4. The molecule has 3 rings (SSSR count). The van der Waals surface area contributed by atoms with Crippen molar-refractivity contribution in [2.75, 3.05) is 5.32 Å². The van der Waals surface area contributed by atoms with Crippen molar-refractivity contribution in [2.24, 2.45) is 0 Å². The van der Waals surface area contributed by atoms with Gasteiger partial charge in [-0.15, -0.1) is 5.10 Å². The Balaban J connectivity index is 1.64. The Bertz CT molecular complexity index is 767. The number of nitrogens with one attached hydrogen (secondary N) is 1. The predicted octanol–water partition coefficient (Wildman–Crippen LogP) is 4.37. The summed E-state index contributed by atoms with van der Waals surface area (Å²) in [5.41, 5.74) is 0.797. The van der Waals surface area contributed by atoms with Crippen molar-refractivity contribution in [1.82, 2.24) is 10.2 Å². The Morgan fingerprint density at radius 1 is 0.913 bits per heavy atom. The molecule has 0 amide bonds. The van der Waals surface area contributed by atoms with Crippen LogP contribution in [0.4, 0.5) is 19.2 Å². The summed E-state index contributed by atoms with van der Waals surface area (Å²) in [4.78, 5) is 0. The van der Waals surface area contributed by atoms with Crippen LogP contribution in [0.25, 0.3) is 11.5 Å². The van der Waals surface area contributed by atoms with Crippen LogP contribution in [-0.2, 0) is 12.7 Å². The standard InChI is InChI=1S/C16H12F3N3O/c17-16(18,19)13-8-6-11(7-9-13)10-20-15-22-21-14(23-15)12-4-2-1-3-5-12/h1-9H,10H2,(H,20,22). The van der Waals surface area contributed by atoms with Gasteiger partial charge in [0.2, 0.25) is 5.89 Å². The average Bonchev–Trinajstić information content (AvgIpc) is 3.02. The van der Waals surface area contributed by atoms with Crippen LogP contribution >= 0.6 is 0 Å². The number of benzene rings is 2. The van der Waals surface area contributed by atoms with Crippen LogP contribution in [0.3, 0.4) is 0 Å². The number of rotatable bonds is 4. The molecule has 0 saturated carbocycles. The third kappa shape index (κ3) is 3.68. The quantitative estimate of drug-likeness (QED) is 0.776. The lowest BCUT2D eigenvalue weighted by molar-refractivity contribution is -0.137. The number of alkyl halides is 3. The fourth-order valence-electron chi connectivity index (χ4n) is 1.98. The fraction of sp³-hybridized carbons (Fsp3) is 0.125. The lowest BCUT2D eigenvalue weighted by Gasteiger charge is -2.07. The maximum Gasteiger partial charge on any atom is 0.416 e. The molecule has 1 aromatic heterocycles. The van der Waals surface area contributed by atoms with Crippen LogP contribution in [-0.4, -0.2) is 10.2 Å². The Kier molecular flexibility index (Phi) is 4.01. The van der Waals surface area contributed by atoms with Gasteiger partial charge in [-0.05, 0) is 29.8 Å². The maximum absolute atomic E-state index is 12.5. The molecule has 0 aliphatic carbocycles. The smallest absolute Gasteiger partial charge is 0.403 e. The van der Waals surface area contributed by atoms with Crippen LogP contribution in [0.2, 0.25) is 0 Å². The first-order valence-corrected chi connectivity index (χ1v) is 6.81. The monoisotopic (exact) mass is 319 g/mol. The predicted molar refractivity (Wildman–Crippen MR) is 78.5 cm³/mol. The van der Waals surface area contributed by atoms with E-state index in [0.29, 0.717) is 11.5 Å². The zero-order valence-corrected chi connectivity index (χ0v) is 11.8. The van der Waals surface area contributed by atoms with Crippen molar-refractivity contribution in [3.05, 3.63) is 65.7 Å². The van der Waals surface area contributed by atoms with Gasteiger partial charge in [-0.25, -0.2) is 0 Å². The summed E-state index contributed by atoms with van der Waals surface area (Å²) in [5.74, 6) is 0.375. The third-order valence-electron chi connectivity index (χ3n) is 3.17. The number of hydrogen-bond donors (Lipinski definition) is 1. The van der Waals surface area contributed by atoms with Crippen molar-refractivity contribution >= 4 is 6.01 Å². The Morgan fingerprint density at radius 2 is 1.61 bits per heavy atom. The number of nitrogens with zero attached hydrogens (tertiary/aromatic N) is 2. The summed E-state index contributed by atoms with van der Waals surface area (Å²) in [7, 11) is 0. The molecule has 0 atom stereocenters. The molecule has 0 fully saturated rings. The third-order valence-corrected chi connectivity index (χ3v) is 3.17. The molecule has 0 unspecified atom stereocenters. The fourth-order valence-corrected chi connectivity index (χ4v) is 1.98. The summed E-state index contributed by atoms with van der Waals surface area (Å²) in [6, 6.07) is 14.4. The van der Waals surface area contributed by atoms with Crippen LogP contribution in [0, 0.1) is 0 Å². The van der Waals surface area contributed by atoms with Crippen LogP contribution in [0.5, 0.6) is 0 Å². The van der Waals surface area contributed by atoms with E-state index in [-0.39, 0.29) is 12.6 Å². The van der Waals surface area contributed by atoms with E-state index in [4.69, 9.17) is 4.42 Å². The second-order valence-electron chi connectivity index (χ2n) is 4.83. The second-order valence-corrected chi connectivity index (χ2v) is 4.83. The van der Waals surface area contributed by atoms with Crippen molar-refractivity contribution in [1.29, 1.82) is 0 Å². The molecule has 0 bridgehead atoms. The Morgan fingerprint density at radius 3 is 2.26 bits per heavy atom. The van der Waals surface area contributed by atoms with Crippen molar-refractivity contribution in [3.63, 3.8) is 0 Å². The zero-order chi connectivity index (χ0) is 16.3. The highest BCUT2D eigenvalue weighted by molar-refractivity contribution is 5.52. The summed E-state index contributed by atoms with van der Waals surface area (Å²) >= 11 is 0. The van der Waals surface area contributed by atoms with Gasteiger partial charge in [-0.3, -0.25) is 0 Å². The summed E-state index contributed by atoms with van der Waals surface area (Å²) in [6.45, 7) is 0.286. The Hall–Kier alpha value is -2.83. The molecule has 2 aromatic carbocycles. The normalized spacial score (nSPS) is 11.4. The minimum atomic E-state index is -4.33. The van der Waals surface area contributed by atoms with E-state index >= 15 is 0 Å². The SMILES string of the molecule is FC(F)(F)c1ccc(CNc2nnc(-c3ccccc3)o2)cc1. The molecular formula is C16H12F3N3O. The first-order chi connectivity index (χ1) is 11.0. The number of halogens is 3. The molecule has 1 N–H and O–H groups in total. The first kappa shape index (κ1) is 15.1. The topological polar surface area (TPSA) is 51.0 Å². The van der Waals surface area contributed by atoms with Crippen molar-refractivity contribution < 1.29 is 17.6 Å². The van der Waals surface area contributed by atoms with Crippen LogP contribution in [0.1, 0.15) is 11.1 Å². The van der Waals surface area contributed by atoms with Crippen LogP contribution in [0.15, 0.2) is 59.0 Å². The summed E-state index contributed by atoms with van der Waals surface area (Å²) < 4.78 is 42.9. The number of anilines is 1. The van der Waals surface area contributed by atoms with E-state index in [1.165, 1.54) is 12.1 Å². The van der Waals surface area contributed by atoms with Gasteiger partial charge >= 0.3 is 12.2 Å². The van der Waals surface area contributed by atoms with E-state index in [1.54, 1.807) is 0 Å². The van der Waals surface area contributed by atoms with Gasteiger partial charge in [0.1, 0.15) is 0 Å². The summed E-state index contributed by atoms with van der Waals surface area (Å²) in [6.07, 6.45) is -4.33. The van der Waals surface area contributed by atoms with E-state index in [0.717, 1.165) is 17.7 Å². The van der Waals surface area contributed by atoms with E-state index in [1.807, 2.05) is 30.3 Å². The van der Waals surface area contributed by atoms with Gasteiger partial charge in [0.25, 0.3) is 0 Å². The molecule has 0 aliphatic heterocycles. The minimum absolute atomic E-state index is 0.212. The van der Waals surface area contributed by atoms with Gasteiger partial charge in [0.15, 0.2) is 0 Å². The zero-order valence-electron chi connectivity index (χ0n) is 11.8. The van der Waals surface area contributed by atoms with Crippen molar-refractivity contribution in [2.45, 2.75) is 12.7 Å². The summed E-state index contributed by atoms with van der Waals surface area (Å²) in [5, 5.41) is 10.7. The highest BCUT2D eigenvalue weighted by Crippen LogP contribution is 2.29. The molecule has 4 nitrogen and oxygen atoms in total. The highest BCUT2D eigenvalue weighted by Gasteiger charge is 2.29. The average molecular weight is 319 g/mol. The molecule has 0 saturated heterocycles. The first-order valence-electron chi connectivity index (χ1n) is 6.81. The molecule has 23 heavy (non-hydrogen) atoms. The molecule has 3 aromatic rings. The lowest BCUT2D eigenvalue weighted by atomic mass is 10.1. The number of aromatic nitrogens is 2. The minimum Gasteiger partial charge on any atom is -0.403 e. The van der Waals surface area contributed by atoms with Gasteiger partial charge in [0, 0.05) is 12.1 Å². The molecule has 7 heteroatoms. The van der Waals surface area contributed by atoms with E-state index in [9.17, 15) is 13.2 Å². The lowest BCUT2D eigenvalue weighted by Crippen LogP contribution is -2.05. The van der Waals surface area contributed by atoms with Gasteiger partial charge < -0.3 is 9.73 Å². The molecule has 0 radical (unpaired) electrons. The highest BCUT2D eigenvalue weighted by atomic mass is 19.4. The molecule has 118 valence electrons. The van der Waals surface area contributed by atoms with Gasteiger partial charge in [-0.1, -0.05) is 35.4 Å².